The molecule has 0 radical (unpaired) electrons. The van der Waals surface area contributed by atoms with Crippen LogP contribution in [0.4, 0.5) is 0 Å². The lowest BCUT2D eigenvalue weighted by Crippen LogP contribution is -2.41. The van der Waals surface area contributed by atoms with Gasteiger partial charge in [-0.3, -0.25) is 10.6 Å². The first-order valence-electron chi connectivity index (χ1n) is 3.52. The quantitative estimate of drug-likeness (QED) is 0.481. The van der Waals surface area contributed by atoms with Crippen molar-refractivity contribution in [3.05, 3.63) is 11.4 Å². The number of hydrogen-bond acceptors (Lipinski definition) is 2. The molecule has 0 atom stereocenters. The lowest BCUT2D eigenvalue weighted by molar-refractivity contribution is 0.109. The van der Waals surface area contributed by atoms with Crippen LogP contribution in [0.2, 0.25) is 0 Å². The van der Waals surface area contributed by atoms with Crippen molar-refractivity contribution < 1.29 is 5.11 Å². The van der Waals surface area contributed by atoms with Gasteiger partial charge in [-0.25, -0.2) is 6.57 Å². The summed E-state index contributed by atoms with van der Waals surface area (Å²) in [6.07, 6.45) is 2.41. The predicted molar refractivity (Wildman–Crippen MR) is 38.0 cm³/mol. The minimum atomic E-state index is -0.667. The second-order valence-electron chi connectivity index (χ2n) is 2.95. The molecule has 3 nitrogen and oxygen atoms in total. The molecule has 3 N–H and O–H groups in total. The maximum atomic E-state index is 9.08. The molecule has 10 heavy (non-hydrogen) atoms. The smallest absolute Gasteiger partial charge is 0.283 e. The Balaban J connectivity index is 2.48. The summed E-state index contributed by atoms with van der Waals surface area (Å²) in [5.74, 6) is 0. The topological polar surface area (TPSA) is 50.6 Å². The molecule has 1 saturated carbocycles. The summed E-state index contributed by atoms with van der Waals surface area (Å²) in [7, 11) is 0. The summed E-state index contributed by atoms with van der Waals surface area (Å²) in [6, 6.07) is 0. The summed E-state index contributed by atoms with van der Waals surface area (Å²) < 4.78 is 0. The SMILES string of the molecule is [C-]#[N+]C1(N)CCC(O)CC1. The van der Waals surface area contributed by atoms with Gasteiger partial charge in [0.1, 0.15) is 0 Å². The molecular weight excluding hydrogens is 128 g/mol. The molecule has 0 unspecified atom stereocenters. The summed E-state index contributed by atoms with van der Waals surface area (Å²) in [4.78, 5) is 3.33. The van der Waals surface area contributed by atoms with Gasteiger partial charge in [-0.1, -0.05) is 0 Å². The van der Waals surface area contributed by atoms with E-state index in [0.717, 1.165) is 0 Å². The van der Waals surface area contributed by atoms with Crippen LogP contribution in [0.3, 0.4) is 0 Å². The van der Waals surface area contributed by atoms with Gasteiger partial charge in [0.2, 0.25) is 0 Å². The van der Waals surface area contributed by atoms with Crippen LogP contribution >= 0.6 is 0 Å². The third kappa shape index (κ3) is 1.47. The fraction of sp³-hybridized carbons (Fsp3) is 0.857. The van der Waals surface area contributed by atoms with E-state index in [2.05, 4.69) is 4.85 Å². The van der Waals surface area contributed by atoms with E-state index in [9.17, 15) is 0 Å². The molecule has 1 fully saturated rings. The van der Waals surface area contributed by atoms with Crippen LogP contribution in [0.25, 0.3) is 4.85 Å². The highest BCUT2D eigenvalue weighted by atomic mass is 16.3. The Kier molecular flexibility index (Phi) is 1.93. The molecule has 0 amide bonds. The molecule has 0 saturated heterocycles. The van der Waals surface area contributed by atoms with Gasteiger partial charge >= 0.3 is 0 Å². The van der Waals surface area contributed by atoms with Crippen molar-refractivity contribution in [1.29, 1.82) is 0 Å². The Morgan fingerprint density at radius 3 is 2.40 bits per heavy atom. The highest BCUT2D eigenvalue weighted by Gasteiger charge is 2.35. The van der Waals surface area contributed by atoms with E-state index in [1.165, 1.54) is 0 Å². The number of nitrogens with two attached hydrogens (primary N) is 1. The molecule has 56 valence electrons. The molecule has 1 rings (SSSR count). The van der Waals surface area contributed by atoms with Gasteiger partial charge in [-0.2, -0.15) is 0 Å². The average molecular weight is 140 g/mol. The third-order valence-electron chi connectivity index (χ3n) is 2.04. The van der Waals surface area contributed by atoms with Crippen LogP contribution in [0.5, 0.6) is 0 Å². The van der Waals surface area contributed by atoms with Gasteiger partial charge in [-0.05, 0) is 12.8 Å². The monoisotopic (exact) mass is 140 g/mol. The lowest BCUT2D eigenvalue weighted by Gasteiger charge is -2.24. The van der Waals surface area contributed by atoms with Crippen molar-refractivity contribution in [2.45, 2.75) is 37.5 Å². The van der Waals surface area contributed by atoms with Gasteiger partial charge < -0.3 is 5.11 Å². The van der Waals surface area contributed by atoms with Gasteiger partial charge in [0.25, 0.3) is 5.66 Å². The Labute approximate surface area is 60.7 Å². The molecule has 1 aliphatic carbocycles. The van der Waals surface area contributed by atoms with Gasteiger partial charge in [-0.15, -0.1) is 0 Å². The van der Waals surface area contributed by atoms with Crippen molar-refractivity contribution in [1.82, 2.24) is 0 Å². The van der Waals surface area contributed by atoms with Gasteiger partial charge in [0.05, 0.1) is 6.10 Å². The van der Waals surface area contributed by atoms with Crippen molar-refractivity contribution in [3.63, 3.8) is 0 Å². The van der Waals surface area contributed by atoms with E-state index in [4.69, 9.17) is 17.4 Å². The van der Waals surface area contributed by atoms with Gasteiger partial charge in [0.15, 0.2) is 0 Å². The fourth-order valence-electron chi connectivity index (χ4n) is 1.21. The van der Waals surface area contributed by atoms with Crippen LogP contribution in [-0.2, 0) is 0 Å². The van der Waals surface area contributed by atoms with Crippen molar-refractivity contribution in [2.75, 3.05) is 0 Å². The molecule has 0 aliphatic heterocycles. The third-order valence-corrected chi connectivity index (χ3v) is 2.04. The predicted octanol–water partition coefficient (Wildman–Crippen LogP) is 0.496. The average Bonchev–Trinajstić information content (AvgIpc) is 1.96. The van der Waals surface area contributed by atoms with Crippen molar-refractivity contribution in [2.24, 2.45) is 5.73 Å². The van der Waals surface area contributed by atoms with Crippen molar-refractivity contribution >= 4 is 0 Å². The Hall–Kier alpha value is -0.590. The van der Waals surface area contributed by atoms with E-state index in [-0.39, 0.29) is 6.10 Å². The maximum absolute atomic E-state index is 9.08. The van der Waals surface area contributed by atoms with Crippen LogP contribution < -0.4 is 5.73 Å². The summed E-state index contributed by atoms with van der Waals surface area (Å²) in [6.45, 7) is 6.78. The van der Waals surface area contributed by atoms with E-state index in [0.29, 0.717) is 25.7 Å². The normalized spacial score (nSPS) is 40.7. The molecule has 0 aromatic carbocycles. The molecule has 0 spiro atoms. The summed E-state index contributed by atoms with van der Waals surface area (Å²) >= 11 is 0. The van der Waals surface area contributed by atoms with Crippen LogP contribution in [0.15, 0.2) is 0 Å². The lowest BCUT2D eigenvalue weighted by atomic mass is 9.89. The largest absolute Gasteiger partial charge is 0.393 e. The minimum Gasteiger partial charge on any atom is -0.393 e. The number of aliphatic hydroxyl groups excluding tert-OH is 1. The van der Waals surface area contributed by atoms with Crippen LogP contribution in [0, 0.1) is 6.57 Å². The Morgan fingerprint density at radius 1 is 1.50 bits per heavy atom. The standard InChI is InChI=1S/C7H12N2O/c1-9-7(8)4-2-6(10)3-5-7/h6,10H,2-5,8H2. The molecule has 0 heterocycles. The molecule has 3 heteroatoms. The Bertz CT molecular complexity index is 153. The van der Waals surface area contributed by atoms with E-state index < -0.39 is 5.66 Å². The second-order valence-corrected chi connectivity index (χ2v) is 2.95. The van der Waals surface area contributed by atoms with E-state index in [1.54, 1.807) is 0 Å². The molecule has 0 bridgehead atoms. The molecule has 0 aromatic rings. The zero-order valence-corrected chi connectivity index (χ0v) is 5.88. The van der Waals surface area contributed by atoms with Crippen LogP contribution in [0.1, 0.15) is 25.7 Å². The Morgan fingerprint density at radius 2 is 2.00 bits per heavy atom. The zero-order chi connectivity index (χ0) is 7.61. The number of aliphatic hydroxyl groups is 1. The van der Waals surface area contributed by atoms with Crippen LogP contribution in [-0.4, -0.2) is 16.9 Å². The minimum absolute atomic E-state index is 0.224. The highest BCUT2D eigenvalue weighted by Crippen LogP contribution is 2.26. The molecular formula is C7H12N2O. The fourth-order valence-corrected chi connectivity index (χ4v) is 1.21. The maximum Gasteiger partial charge on any atom is 0.283 e. The number of rotatable bonds is 0. The molecule has 1 aliphatic rings. The van der Waals surface area contributed by atoms with Crippen molar-refractivity contribution in [3.8, 4) is 0 Å². The first-order chi connectivity index (χ1) is 4.66. The zero-order valence-electron chi connectivity index (χ0n) is 5.88. The summed E-state index contributed by atoms with van der Waals surface area (Å²) in [5.41, 5.74) is 4.99. The van der Waals surface area contributed by atoms with E-state index >= 15 is 0 Å². The first kappa shape index (κ1) is 7.52. The second kappa shape index (κ2) is 2.57. The highest BCUT2D eigenvalue weighted by molar-refractivity contribution is 4.96. The molecule has 0 aromatic heterocycles. The number of nitrogens with zero attached hydrogens (tertiary/aromatic N) is 1. The van der Waals surface area contributed by atoms with E-state index in [1.807, 2.05) is 0 Å². The van der Waals surface area contributed by atoms with Gasteiger partial charge in [0, 0.05) is 12.8 Å². The summed E-state index contributed by atoms with van der Waals surface area (Å²) in [5, 5.41) is 9.08. The first-order valence-corrected chi connectivity index (χ1v) is 3.52. The number of hydrogen-bond donors (Lipinski definition) is 2.